The number of nitrogens with zero attached hydrogens (tertiary/aromatic N) is 1. The van der Waals surface area contributed by atoms with Gasteiger partial charge in [0.15, 0.2) is 0 Å². The molecular formula is C18H18INO. The maximum absolute atomic E-state index is 12.1. The predicted molar refractivity (Wildman–Crippen MR) is 94.6 cm³/mol. The Morgan fingerprint density at radius 2 is 1.86 bits per heavy atom. The van der Waals surface area contributed by atoms with Gasteiger partial charge in [-0.25, -0.2) is 0 Å². The lowest BCUT2D eigenvalue weighted by Gasteiger charge is -2.17. The van der Waals surface area contributed by atoms with Gasteiger partial charge in [-0.05, 0) is 71.2 Å². The predicted octanol–water partition coefficient (Wildman–Crippen LogP) is 4.20. The van der Waals surface area contributed by atoms with Crippen LogP contribution in [0.1, 0.15) is 24.0 Å². The minimum atomic E-state index is 0.242. The van der Waals surface area contributed by atoms with E-state index in [0.29, 0.717) is 6.42 Å². The van der Waals surface area contributed by atoms with Crippen molar-refractivity contribution in [1.82, 2.24) is 0 Å². The summed E-state index contributed by atoms with van der Waals surface area (Å²) in [7, 11) is 0. The number of halogens is 1. The zero-order valence-corrected chi connectivity index (χ0v) is 14.0. The molecule has 3 rings (SSSR count). The van der Waals surface area contributed by atoms with Crippen LogP contribution in [-0.2, 0) is 17.6 Å². The van der Waals surface area contributed by atoms with Crippen molar-refractivity contribution >= 4 is 34.2 Å². The molecule has 0 aromatic heterocycles. The number of anilines is 1. The average Bonchev–Trinajstić information content (AvgIpc) is 2.79. The van der Waals surface area contributed by atoms with Gasteiger partial charge in [0, 0.05) is 15.8 Å². The van der Waals surface area contributed by atoms with E-state index in [4.69, 9.17) is 0 Å². The minimum Gasteiger partial charge on any atom is -0.312 e. The third-order valence-electron chi connectivity index (χ3n) is 3.92. The fourth-order valence-corrected chi connectivity index (χ4v) is 3.40. The number of carbonyl (C=O) groups excluding carboxylic acids is 1. The van der Waals surface area contributed by atoms with Gasteiger partial charge in [0.25, 0.3) is 0 Å². The van der Waals surface area contributed by atoms with Crippen molar-refractivity contribution in [1.29, 1.82) is 0 Å². The van der Waals surface area contributed by atoms with E-state index in [9.17, 15) is 4.79 Å². The number of fused-ring (bicyclic) bond motifs is 1. The summed E-state index contributed by atoms with van der Waals surface area (Å²) < 4.78 is 1.20. The van der Waals surface area contributed by atoms with Gasteiger partial charge in [-0.15, -0.1) is 0 Å². The normalized spacial score (nSPS) is 13.6. The number of rotatable bonds is 5. The fraction of sp³-hybridized carbons (Fsp3) is 0.278. The summed E-state index contributed by atoms with van der Waals surface area (Å²) in [6.07, 6.45) is 3.81. The molecule has 2 aromatic carbocycles. The number of hydrogen-bond donors (Lipinski definition) is 0. The van der Waals surface area contributed by atoms with Crippen molar-refractivity contribution in [2.75, 3.05) is 11.4 Å². The molecule has 0 radical (unpaired) electrons. The number of amides is 1. The lowest BCUT2D eigenvalue weighted by Crippen LogP contribution is -2.27. The molecule has 0 spiro atoms. The van der Waals surface area contributed by atoms with Gasteiger partial charge in [0.05, 0.1) is 6.42 Å². The summed E-state index contributed by atoms with van der Waals surface area (Å²) in [4.78, 5) is 14.1. The van der Waals surface area contributed by atoms with Gasteiger partial charge in [-0.1, -0.05) is 30.3 Å². The van der Waals surface area contributed by atoms with Crippen molar-refractivity contribution in [3.05, 3.63) is 63.2 Å². The Morgan fingerprint density at radius 3 is 2.67 bits per heavy atom. The third kappa shape index (κ3) is 3.46. The van der Waals surface area contributed by atoms with E-state index in [0.717, 1.165) is 31.5 Å². The van der Waals surface area contributed by atoms with Gasteiger partial charge in [-0.3, -0.25) is 4.79 Å². The topological polar surface area (TPSA) is 20.3 Å². The van der Waals surface area contributed by atoms with Crippen LogP contribution in [0.5, 0.6) is 0 Å². The van der Waals surface area contributed by atoms with Crippen molar-refractivity contribution < 1.29 is 4.79 Å². The monoisotopic (exact) mass is 391 g/mol. The molecule has 0 bridgehead atoms. The van der Waals surface area contributed by atoms with Crippen LogP contribution in [0.15, 0.2) is 48.5 Å². The Bertz CT molecular complexity index is 639. The van der Waals surface area contributed by atoms with Crippen LogP contribution in [0.4, 0.5) is 5.69 Å². The van der Waals surface area contributed by atoms with Crippen LogP contribution < -0.4 is 4.90 Å². The van der Waals surface area contributed by atoms with E-state index < -0.39 is 0 Å². The average molecular weight is 391 g/mol. The molecule has 1 aliphatic rings. The van der Waals surface area contributed by atoms with E-state index in [1.165, 1.54) is 14.7 Å². The first kappa shape index (κ1) is 14.6. The highest BCUT2D eigenvalue weighted by molar-refractivity contribution is 14.1. The molecule has 0 saturated carbocycles. The number of unbranched alkanes of at least 4 members (excludes halogenated alkanes) is 1. The molecule has 1 heterocycles. The van der Waals surface area contributed by atoms with Gasteiger partial charge in [0.1, 0.15) is 0 Å². The number of benzene rings is 2. The van der Waals surface area contributed by atoms with Crippen molar-refractivity contribution in [3.8, 4) is 0 Å². The number of aryl methyl sites for hydroxylation is 1. The van der Waals surface area contributed by atoms with Crippen LogP contribution in [0, 0.1) is 3.57 Å². The van der Waals surface area contributed by atoms with Crippen molar-refractivity contribution in [2.24, 2.45) is 0 Å². The summed E-state index contributed by atoms with van der Waals surface area (Å²) in [5.74, 6) is 0.242. The molecule has 2 aromatic rings. The molecule has 108 valence electrons. The van der Waals surface area contributed by atoms with E-state index in [-0.39, 0.29) is 5.91 Å². The lowest BCUT2D eigenvalue weighted by atomic mass is 10.1. The number of hydrogen-bond acceptors (Lipinski definition) is 1. The molecule has 1 amide bonds. The second-order valence-electron chi connectivity index (χ2n) is 5.44. The molecule has 21 heavy (non-hydrogen) atoms. The maximum atomic E-state index is 12.1. The summed E-state index contributed by atoms with van der Waals surface area (Å²) >= 11 is 2.30. The molecule has 0 fully saturated rings. The zero-order chi connectivity index (χ0) is 14.7. The Hall–Kier alpha value is -1.36. The molecule has 3 heteroatoms. The molecule has 0 saturated heterocycles. The van der Waals surface area contributed by atoms with Gasteiger partial charge in [0.2, 0.25) is 5.91 Å². The van der Waals surface area contributed by atoms with Gasteiger partial charge < -0.3 is 4.90 Å². The molecule has 2 nitrogen and oxygen atoms in total. The Kier molecular flexibility index (Phi) is 4.58. The largest absolute Gasteiger partial charge is 0.312 e. The highest BCUT2D eigenvalue weighted by Crippen LogP contribution is 2.30. The first-order valence-corrected chi connectivity index (χ1v) is 8.44. The summed E-state index contributed by atoms with van der Waals surface area (Å²) in [5, 5.41) is 0. The maximum Gasteiger partial charge on any atom is 0.231 e. The third-order valence-corrected chi connectivity index (χ3v) is 4.59. The quantitative estimate of drug-likeness (QED) is 0.553. The van der Waals surface area contributed by atoms with E-state index in [1.54, 1.807) is 0 Å². The van der Waals surface area contributed by atoms with E-state index in [1.807, 2.05) is 11.0 Å². The standard InChI is InChI=1S/C18H18INO/c19-16-9-10-17-15(12-16)13-18(21)20(17)11-5-4-8-14-6-2-1-3-7-14/h1-3,6-7,9-10,12H,4-5,8,11,13H2. The molecular weight excluding hydrogens is 373 g/mol. The van der Waals surface area contributed by atoms with E-state index >= 15 is 0 Å². The summed E-state index contributed by atoms with van der Waals surface area (Å²) in [6.45, 7) is 0.833. The van der Waals surface area contributed by atoms with Crippen LogP contribution in [0.25, 0.3) is 0 Å². The zero-order valence-electron chi connectivity index (χ0n) is 11.9. The Labute approximate surface area is 139 Å². The van der Waals surface area contributed by atoms with Crippen molar-refractivity contribution in [2.45, 2.75) is 25.7 Å². The lowest BCUT2D eigenvalue weighted by molar-refractivity contribution is -0.117. The first-order chi connectivity index (χ1) is 10.2. The second-order valence-corrected chi connectivity index (χ2v) is 6.68. The van der Waals surface area contributed by atoms with Gasteiger partial charge >= 0.3 is 0 Å². The highest BCUT2D eigenvalue weighted by Gasteiger charge is 2.26. The highest BCUT2D eigenvalue weighted by atomic mass is 127. The van der Waals surface area contributed by atoms with E-state index in [2.05, 4.69) is 65.1 Å². The van der Waals surface area contributed by atoms with Crippen LogP contribution in [0.3, 0.4) is 0 Å². The molecule has 0 unspecified atom stereocenters. The first-order valence-electron chi connectivity index (χ1n) is 7.37. The SMILES string of the molecule is O=C1Cc2cc(I)ccc2N1CCCCc1ccccc1. The fourth-order valence-electron chi connectivity index (χ4n) is 2.84. The molecule has 0 aliphatic carbocycles. The number of carbonyl (C=O) groups is 1. The van der Waals surface area contributed by atoms with Crippen LogP contribution in [0.2, 0.25) is 0 Å². The second kappa shape index (κ2) is 6.60. The van der Waals surface area contributed by atoms with Gasteiger partial charge in [-0.2, -0.15) is 0 Å². The summed E-state index contributed by atoms with van der Waals surface area (Å²) in [6, 6.07) is 16.8. The van der Waals surface area contributed by atoms with Crippen LogP contribution >= 0.6 is 22.6 Å². The minimum absolute atomic E-state index is 0.242. The Morgan fingerprint density at radius 1 is 1.05 bits per heavy atom. The molecule has 0 N–H and O–H groups in total. The molecule has 0 atom stereocenters. The Balaban J connectivity index is 1.55. The molecule has 1 aliphatic heterocycles. The smallest absolute Gasteiger partial charge is 0.231 e. The van der Waals surface area contributed by atoms with Crippen LogP contribution in [-0.4, -0.2) is 12.5 Å². The van der Waals surface area contributed by atoms with Crippen molar-refractivity contribution in [3.63, 3.8) is 0 Å². The summed E-state index contributed by atoms with van der Waals surface area (Å²) in [5.41, 5.74) is 3.66.